The molecule has 1 aliphatic carbocycles. The molecule has 2 heterocycles. The summed E-state index contributed by atoms with van der Waals surface area (Å²) in [6.45, 7) is 0. The first-order valence-electron chi connectivity index (χ1n) is 10.9. The number of fused-ring (bicyclic) bond motifs is 5. The number of ketones is 3. The maximum absolute atomic E-state index is 13.8. The molecule has 2 aliphatic heterocycles. The Hall–Kier alpha value is -3.38. The fraction of sp³-hybridized carbons (Fsp3) is 0.185. The van der Waals surface area contributed by atoms with E-state index in [0.29, 0.717) is 11.1 Å². The van der Waals surface area contributed by atoms with Crippen molar-refractivity contribution in [3.8, 4) is 0 Å². The predicted molar refractivity (Wildman–Crippen MR) is 127 cm³/mol. The van der Waals surface area contributed by atoms with Gasteiger partial charge in [-0.15, -0.1) is 0 Å². The van der Waals surface area contributed by atoms with E-state index in [1.807, 2.05) is 54.6 Å². The fourth-order valence-electron chi connectivity index (χ4n) is 5.63. The van der Waals surface area contributed by atoms with Crippen LogP contribution >= 0.6 is 15.9 Å². The zero-order valence-corrected chi connectivity index (χ0v) is 19.1. The summed E-state index contributed by atoms with van der Waals surface area (Å²) in [7, 11) is 0. The highest BCUT2D eigenvalue weighted by atomic mass is 79.9. The molecule has 33 heavy (non-hydrogen) atoms. The van der Waals surface area contributed by atoms with Crippen molar-refractivity contribution in [1.29, 1.82) is 0 Å². The van der Waals surface area contributed by atoms with Crippen LogP contribution < -0.4 is 0 Å². The minimum absolute atomic E-state index is 0.121. The molecular formula is C27H19BrN2O3. The minimum Gasteiger partial charge on any atom is -0.298 e. The van der Waals surface area contributed by atoms with Crippen molar-refractivity contribution >= 4 is 39.5 Å². The van der Waals surface area contributed by atoms with Crippen molar-refractivity contribution in [3.63, 3.8) is 0 Å². The zero-order chi connectivity index (χ0) is 22.7. The number of hydrogen-bond acceptors (Lipinski definition) is 5. The SMILES string of the molecule is O=C1C(c2ccccc2)C(=O)C2C1C(C(=O)c1ccc(Br)cc1)N1N=Cc3ccccc3C21. The third kappa shape index (κ3) is 2.97. The van der Waals surface area contributed by atoms with Gasteiger partial charge in [-0.2, -0.15) is 5.10 Å². The van der Waals surface area contributed by atoms with Crippen LogP contribution in [0.25, 0.3) is 0 Å². The van der Waals surface area contributed by atoms with Gasteiger partial charge in [0.2, 0.25) is 0 Å². The van der Waals surface area contributed by atoms with E-state index in [1.54, 1.807) is 35.5 Å². The highest BCUT2D eigenvalue weighted by Crippen LogP contribution is 2.55. The Morgan fingerprint density at radius 3 is 2.24 bits per heavy atom. The second-order valence-electron chi connectivity index (χ2n) is 8.71. The van der Waals surface area contributed by atoms with Gasteiger partial charge in [0.1, 0.15) is 12.0 Å². The molecule has 6 heteroatoms. The lowest BCUT2D eigenvalue weighted by Crippen LogP contribution is -2.41. The molecule has 0 aromatic heterocycles. The average Bonchev–Trinajstić information content (AvgIpc) is 3.32. The third-order valence-electron chi connectivity index (χ3n) is 7.04. The van der Waals surface area contributed by atoms with Gasteiger partial charge in [0.05, 0.1) is 24.1 Å². The highest BCUT2D eigenvalue weighted by Gasteiger charge is 2.65. The predicted octanol–water partition coefficient (Wildman–Crippen LogP) is 4.57. The van der Waals surface area contributed by atoms with Crippen molar-refractivity contribution in [1.82, 2.24) is 5.01 Å². The van der Waals surface area contributed by atoms with E-state index in [-0.39, 0.29) is 17.3 Å². The van der Waals surface area contributed by atoms with Gasteiger partial charge in [0, 0.05) is 10.0 Å². The van der Waals surface area contributed by atoms with E-state index >= 15 is 0 Å². The molecular weight excluding hydrogens is 480 g/mol. The van der Waals surface area contributed by atoms with Crippen LogP contribution in [0.2, 0.25) is 0 Å². The second-order valence-corrected chi connectivity index (χ2v) is 9.63. The summed E-state index contributed by atoms with van der Waals surface area (Å²) < 4.78 is 0.863. The maximum atomic E-state index is 13.8. The molecule has 5 nitrogen and oxygen atoms in total. The van der Waals surface area contributed by atoms with Gasteiger partial charge in [-0.25, -0.2) is 0 Å². The summed E-state index contributed by atoms with van der Waals surface area (Å²) in [6.07, 6.45) is 1.72. The van der Waals surface area contributed by atoms with Crippen LogP contribution in [0.1, 0.15) is 39.0 Å². The van der Waals surface area contributed by atoms with Crippen molar-refractivity contribution in [3.05, 3.63) is 106 Å². The van der Waals surface area contributed by atoms with Gasteiger partial charge in [-0.1, -0.05) is 82.7 Å². The van der Waals surface area contributed by atoms with Gasteiger partial charge < -0.3 is 0 Å². The van der Waals surface area contributed by atoms with Gasteiger partial charge in [0.15, 0.2) is 17.3 Å². The van der Waals surface area contributed by atoms with Crippen LogP contribution in [-0.2, 0) is 9.59 Å². The number of halogens is 1. The Morgan fingerprint density at radius 2 is 1.48 bits per heavy atom. The second kappa shape index (κ2) is 7.59. The molecule has 5 unspecified atom stereocenters. The quantitative estimate of drug-likeness (QED) is 0.391. The van der Waals surface area contributed by atoms with Gasteiger partial charge in [-0.05, 0) is 28.8 Å². The Bertz CT molecular complexity index is 1320. The van der Waals surface area contributed by atoms with Crippen LogP contribution in [-0.4, -0.2) is 34.6 Å². The van der Waals surface area contributed by atoms with E-state index in [4.69, 9.17) is 0 Å². The van der Waals surface area contributed by atoms with Crippen molar-refractivity contribution < 1.29 is 14.4 Å². The molecule has 0 N–H and O–H groups in total. The number of Topliss-reactive ketones (excluding diaryl/α,β-unsaturated/α-hetero) is 3. The molecule has 0 spiro atoms. The van der Waals surface area contributed by atoms with Gasteiger partial charge in [-0.3, -0.25) is 19.4 Å². The van der Waals surface area contributed by atoms with Gasteiger partial charge in [0.25, 0.3) is 0 Å². The molecule has 0 amide bonds. The summed E-state index contributed by atoms with van der Waals surface area (Å²) in [5, 5.41) is 6.31. The number of rotatable bonds is 3. The fourth-order valence-corrected chi connectivity index (χ4v) is 5.90. The molecule has 1 saturated heterocycles. The number of nitrogens with zero attached hydrogens (tertiary/aromatic N) is 2. The Labute approximate surface area is 199 Å². The molecule has 0 radical (unpaired) electrons. The molecule has 0 bridgehead atoms. The standard InChI is InChI=1S/C27H19BrN2O3/c28-18-12-10-16(11-13-18)25(31)24-22-21(23-19-9-5-4-8-17(19)14-29-30(23)24)26(32)20(27(22)33)15-6-2-1-3-7-15/h1-14,20-24H. The molecule has 162 valence electrons. The zero-order valence-electron chi connectivity index (χ0n) is 17.5. The average molecular weight is 499 g/mol. The molecule has 3 aromatic rings. The topological polar surface area (TPSA) is 66.8 Å². The first-order chi connectivity index (χ1) is 16.1. The first kappa shape index (κ1) is 20.2. The summed E-state index contributed by atoms with van der Waals surface area (Å²) in [4.78, 5) is 41.4. The van der Waals surface area contributed by atoms with Crippen LogP contribution in [0.5, 0.6) is 0 Å². The summed E-state index contributed by atoms with van der Waals surface area (Å²) in [5.41, 5.74) is 3.04. The molecule has 6 rings (SSSR count). The summed E-state index contributed by atoms with van der Waals surface area (Å²) >= 11 is 3.40. The van der Waals surface area contributed by atoms with E-state index < -0.39 is 29.8 Å². The van der Waals surface area contributed by atoms with E-state index in [9.17, 15) is 14.4 Å². The van der Waals surface area contributed by atoms with Crippen molar-refractivity contribution in [2.45, 2.75) is 18.0 Å². The molecule has 3 aliphatic rings. The van der Waals surface area contributed by atoms with E-state index in [2.05, 4.69) is 21.0 Å². The molecule has 5 atom stereocenters. The molecule has 1 saturated carbocycles. The Kier molecular flexibility index (Phi) is 4.66. The van der Waals surface area contributed by atoms with Crippen LogP contribution in [0.3, 0.4) is 0 Å². The van der Waals surface area contributed by atoms with E-state index in [0.717, 1.165) is 15.6 Å². The third-order valence-corrected chi connectivity index (χ3v) is 7.57. The minimum atomic E-state index is -0.846. The number of benzene rings is 3. The van der Waals surface area contributed by atoms with Crippen molar-refractivity contribution in [2.75, 3.05) is 0 Å². The smallest absolute Gasteiger partial charge is 0.187 e. The Morgan fingerprint density at radius 1 is 0.818 bits per heavy atom. The van der Waals surface area contributed by atoms with Crippen LogP contribution in [0.4, 0.5) is 0 Å². The molecule has 2 fully saturated rings. The largest absolute Gasteiger partial charge is 0.298 e. The summed E-state index contributed by atoms with van der Waals surface area (Å²) in [6, 6.07) is 22.8. The number of hydrogen-bond donors (Lipinski definition) is 0. The summed E-state index contributed by atoms with van der Waals surface area (Å²) in [5.74, 6) is -2.70. The first-order valence-corrected chi connectivity index (χ1v) is 11.7. The normalized spacial score (nSPS) is 27.3. The lowest BCUT2D eigenvalue weighted by Gasteiger charge is -2.33. The van der Waals surface area contributed by atoms with Crippen LogP contribution in [0, 0.1) is 11.8 Å². The lowest BCUT2D eigenvalue weighted by atomic mass is 9.83. The van der Waals surface area contributed by atoms with Crippen molar-refractivity contribution in [2.24, 2.45) is 16.9 Å². The number of hydrazone groups is 1. The molecule has 3 aromatic carbocycles. The van der Waals surface area contributed by atoms with E-state index in [1.165, 1.54) is 0 Å². The van der Waals surface area contributed by atoms with Gasteiger partial charge >= 0.3 is 0 Å². The number of carbonyl (C=O) groups excluding carboxylic acids is 3. The number of carbonyl (C=O) groups is 3. The highest BCUT2D eigenvalue weighted by molar-refractivity contribution is 9.10. The lowest BCUT2D eigenvalue weighted by molar-refractivity contribution is -0.126. The maximum Gasteiger partial charge on any atom is 0.187 e. The van der Waals surface area contributed by atoms with Crippen LogP contribution in [0.15, 0.2) is 88.4 Å². The Balaban J connectivity index is 1.50. The monoisotopic (exact) mass is 498 g/mol.